The third-order valence-corrected chi connectivity index (χ3v) is 6.48. The number of hydrogen-bond donors (Lipinski definition) is 0. The summed E-state index contributed by atoms with van der Waals surface area (Å²) in [5, 5.41) is 0.485. The summed E-state index contributed by atoms with van der Waals surface area (Å²) >= 11 is 0. The first kappa shape index (κ1) is 24.6. The Morgan fingerprint density at radius 1 is 1.09 bits per heavy atom. The van der Waals surface area contributed by atoms with E-state index in [1.807, 2.05) is 44.2 Å². The van der Waals surface area contributed by atoms with E-state index in [0.717, 1.165) is 29.5 Å². The van der Waals surface area contributed by atoms with E-state index in [-0.39, 0.29) is 23.6 Å². The van der Waals surface area contributed by atoms with Crippen LogP contribution in [0.5, 0.6) is 11.5 Å². The van der Waals surface area contributed by atoms with Gasteiger partial charge in [0.25, 0.3) is 5.91 Å². The lowest BCUT2D eigenvalue weighted by Crippen LogP contribution is -2.29. The van der Waals surface area contributed by atoms with Gasteiger partial charge in [-0.15, -0.1) is 6.58 Å². The van der Waals surface area contributed by atoms with Crippen molar-refractivity contribution in [3.05, 3.63) is 81.2 Å². The maximum atomic E-state index is 13.7. The topological polar surface area (TPSA) is 69.0 Å². The molecule has 1 amide bonds. The van der Waals surface area contributed by atoms with Gasteiger partial charge in [0.1, 0.15) is 5.58 Å². The molecule has 1 atom stereocenters. The van der Waals surface area contributed by atoms with Gasteiger partial charge in [-0.3, -0.25) is 9.59 Å². The highest BCUT2D eigenvalue weighted by Gasteiger charge is 2.42. The van der Waals surface area contributed by atoms with E-state index < -0.39 is 6.04 Å². The molecule has 2 heterocycles. The highest BCUT2D eigenvalue weighted by molar-refractivity contribution is 5.99. The van der Waals surface area contributed by atoms with Crippen LogP contribution in [0.15, 0.2) is 52.2 Å². The number of hydrogen-bond acceptors (Lipinski definition) is 5. The van der Waals surface area contributed by atoms with Crippen LogP contribution in [0, 0.1) is 13.8 Å². The molecule has 6 heteroatoms. The van der Waals surface area contributed by atoms with Crippen molar-refractivity contribution in [2.75, 3.05) is 20.3 Å². The van der Waals surface area contributed by atoms with Gasteiger partial charge in [-0.25, -0.2) is 0 Å². The predicted molar refractivity (Wildman–Crippen MR) is 138 cm³/mol. The molecule has 1 aliphatic rings. The zero-order valence-electron chi connectivity index (χ0n) is 21.0. The number of carbonyl (C=O) groups excluding carboxylic acids is 1. The molecule has 0 saturated heterocycles. The van der Waals surface area contributed by atoms with Crippen LogP contribution in [0.1, 0.15) is 71.5 Å². The van der Waals surface area contributed by atoms with Gasteiger partial charge in [-0.1, -0.05) is 44.4 Å². The fraction of sp³-hybridized carbons (Fsp3) is 0.379. The van der Waals surface area contributed by atoms with E-state index in [2.05, 4.69) is 13.5 Å². The van der Waals surface area contributed by atoms with E-state index in [1.165, 1.54) is 12.8 Å². The smallest absolute Gasteiger partial charge is 0.291 e. The van der Waals surface area contributed by atoms with Crippen LogP contribution in [0.25, 0.3) is 11.0 Å². The molecule has 0 fully saturated rings. The first-order valence-corrected chi connectivity index (χ1v) is 12.2. The molecular formula is C29H33NO5. The van der Waals surface area contributed by atoms with E-state index in [4.69, 9.17) is 13.9 Å². The number of benzene rings is 2. The summed E-state index contributed by atoms with van der Waals surface area (Å²) in [7, 11) is 1.59. The summed E-state index contributed by atoms with van der Waals surface area (Å²) in [5.41, 5.74) is 3.17. The second kappa shape index (κ2) is 10.4. The first-order valence-electron chi connectivity index (χ1n) is 12.2. The third kappa shape index (κ3) is 4.57. The minimum atomic E-state index is -0.607. The monoisotopic (exact) mass is 475 g/mol. The SMILES string of the molecule is C=CCN1C(=O)c2oc3c(C)cc(C)cc3c(=O)c2C1c1ccc(OCCCCCC)c(OC)c1. The van der Waals surface area contributed by atoms with Crippen LogP contribution < -0.4 is 14.9 Å². The summed E-state index contributed by atoms with van der Waals surface area (Å²) in [5.74, 6) is 0.981. The van der Waals surface area contributed by atoms with Crippen molar-refractivity contribution in [3.63, 3.8) is 0 Å². The Morgan fingerprint density at radius 2 is 1.89 bits per heavy atom. The average molecular weight is 476 g/mol. The predicted octanol–water partition coefficient (Wildman–Crippen LogP) is 6.11. The molecule has 35 heavy (non-hydrogen) atoms. The molecule has 184 valence electrons. The van der Waals surface area contributed by atoms with Crippen molar-refractivity contribution in [2.45, 2.75) is 52.5 Å². The lowest BCUT2D eigenvalue weighted by atomic mass is 9.97. The van der Waals surface area contributed by atoms with Crippen molar-refractivity contribution in [2.24, 2.45) is 0 Å². The molecule has 6 nitrogen and oxygen atoms in total. The Bertz CT molecular complexity index is 1320. The molecule has 0 N–H and O–H groups in total. The molecule has 2 aromatic carbocycles. The molecule has 0 saturated carbocycles. The normalized spacial score (nSPS) is 14.9. The number of methoxy groups -OCH3 is 1. The highest BCUT2D eigenvalue weighted by Crippen LogP contribution is 2.41. The van der Waals surface area contributed by atoms with Gasteiger partial charge in [0, 0.05) is 6.54 Å². The number of carbonyl (C=O) groups is 1. The third-order valence-electron chi connectivity index (χ3n) is 6.48. The zero-order chi connectivity index (χ0) is 25.1. The fourth-order valence-corrected chi connectivity index (χ4v) is 4.83. The average Bonchev–Trinajstić information content (AvgIpc) is 3.12. The van der Waals surface area contributed by atoms with Crippen LogP contribution in [0.3, 0.4) is 0 Å². The van der Waals surface area contributed by atoms with Crippen molar-refractivity contribution < 1.29 is 18.7 Å². The molecule has 0 bridgehead atoms. The Labute approximate surface area is 206 Å². The van der Waals surface area contributed by atoms with Crippen LogP contribution in [0.4, 0.5) is 0 Å². The van der Waals surface area contributed by atoms with Crippen molar-refractivity contribution in [1.82, 2.24) is 4.90 Å². The zero-order valence-corrected chi connectivity index (χ0v) is 21.0. The summed E-state index contributed by atoms with van der Waals surface area (Å²) in [6, 6.07) is 8.74. The fourth-order valence-electron chi connectivity index (χ4n) is 4.83. The van der Waals surface area contributed by atoms with E-state index in [1.54, 1.807) is 18.1 Å². The van der Waals surface area contributed by atoms with Gasteiger partial charge < -0.3 is 18.8 Å². The number of unbranched alkanes of at least 4 members (excludes halogenated alkanes) is 3. The number of nitrogens with zero attached hydrogens (tertiary/aromatic N) is 1. The van der Waals surface area contributed by atoms with Crippen molar-refractivity contribution >= 4 is 16.9 Å². The lowest BCUT2D eigenvalue weighted by Gasteiger charge is -2.24. The Morgan fingerprint density at radius 3 is 2.60 bits per heavy atom. The molecule has 4 rings (SSSR count). The first-order chi connectivity index (χ1) is 16.9. The quantitative estimate of drug-likeness (QED) is 0.261. The van der Waals surface area contributed by atoms with Gasteiger partial charge in [-0.05, 0) is 55.2 Å². The molecule has 1 unspecified atom stereocenters. The van der Waals surface area contributed by atoms with E-state index in [0.29, 0.717) is 34.6 Å². The molecule has 3 aromatic rings. The number of ether oxygens (including phenoxy) is 2. The standard InChI is InChI=1S/C29H33NO5/c1-6-8-9-10-14-34-22-12-11-20(17-23(22)33-5)25-24-26(31)21-16-18(3)15-19(4)27(21)35-28(24)29(32)30(25)13-7-2/h7,11-12,15-17,25H,2,6,8-10,13-14H2,1,3-5H3. The summed E-state index contributed by atoms with van der Waals surface area (Å²) in [6.45, 7) is 10.7. The van der Waals surface area contributed by atoms with E-state index >= 15 is 0 Å². The molecule has 1 aromatic heterocycles. The maximum absolute atomic E-state index is 13.7. The van der Waals surface area contributed by atoms with Crippen LogP contribution in [0.2, 0.25) is 0 Å². The van der Waals surface area contributed by atoms with Crippen LogP contribution in [-0.2, 0) is 0 Å². The molecule has 1 aliphatic heterocycles. The minimum Gasteiger partial charge on any atom is -0.493 e. The van der Waals surface area contributed by atoms with Crippen molar-refractivity contribution in [1.29, 1.82) is 0 Å². The highest BCUT2D eigenvalue weighted by atomic mass is 16.5. The summed E-state index contributed by atoms with van der Waals surface area (Å²) in [4.78, 5) is 28.7. The lowest BCUT2D eigenvalue weighted by molar-refractivity contribution is 0.0748. The van der Waals surface area contributed by atoms with Crippen LogP contribution >= 0.6 is 0 Å². The van der Waals surface area contributed by atoms with Crippen LogP contribution in [-0.4, -0.2) is 31.1 Å². The van der Waals surface area contributed by atoms with Crippen molar-refractivity contribution in [3.8, 4) is 11.5 Å². The number of rotatable bonds is 10. The van der Waals surface area contributed by atoms with Gasteiger partial charge in [0.05, 0.1) is 30.7 Å². The Kier molecular flexibility index (Phi) is 7.29. The van der Waals surface area contributed by atoms with Gasteiger partial charge in [0.15, 0.2) is 16.9 Å². The molecule has 0 spiro atoms. The summed E-state index contributed by atoms with van der Waals surface area (Å²) < 4.78 is 17.7. The van der Waals surface area contributed by atoms with Gasteiger partial charge >= 0.3 is 0 Å². The summed E-state index contributed by atoms with van der Waals surface area (Å²) in [6.07, 6.45) is 6.11. The Balaban J connectivity index is 1.79. The second-order valence-electron chi connectivity index (χ2n) is 9.10. The largest absolute Gasteiger partial charge is 0.493 e. The second-order valence-corrected chi connectivity index (χ2v) is 9.10. The molecular weight excluding hydrogens is 442 g/mol. The molecule has 0 aliphatic carbocycles. The molecule has 0 radical (unpaired) electrons. The van der Waals surface area contributed by atoms with Gasteiger partial charge in [-0.2, -0.15) is 0 Å². The number of amides is 1. The Hall–Kier alpha value is -3.54. The number of aryl methyl sites for hydroxylation is 2. The number of fused-ring (bicyclic) bond motifs is 2. The maximum Gasteiger partial charge on any atom is 0.291 e. The van der Waals surface area contributed by atoms with E-state index in [9.17, 15) is 9.59 Å². The van der Waals surface area contributed by atoms with Gasteiger partial charge in [0.2, 0.25) is 5.76 Å². The minimum absolute atomic E-state index is 0.0940.